The van der Waals surface area contributed by atoms with Crippen molar-refractivity contribution in [2.45, 2.75) is 38.1 Å². The van der Waals surface area contributed by atoms with Crippen LogP contribution in [0.1, 0.15) is 32.1 Å². The van der Waals surface area contributed by atoms with Gasteiger partial charge in [0.25, 0.3) is 0 Å². The van der Waals surface area contributed by atoms with Gasteiger partial charge in [-0.05, 0) is 25.8 Å². The average molecular weight is 227 g/mol. The molecule has 0 saturated carbocycles. The largest absolute Gasteiger partial charge is 0.352 e. The third kappa shape index (κ3) is 4.18. The molecule has 5 nitrogen and oxygen atoms in total. The summed E-state index contributed by atoms with van der Waals surface area (Å²) in [6.07, 6.45) is 3.54. The zero-order chi connectivity index (χ0) is 12.0. The molecular weight excluding hydrogens is 206 g/mol. The van der Waals surface area contributed by atoms with Crippen LogP contribution in [0.25, 0.3) is 0 Å². The first-order valence-electron chi connectivity index (χ1n) is 5.87. The normalized spacial score (nSPS) is 21.0. The monoisotopic (exact) mass is 227 g/mol. The first kappa shape index (κ1) is 13.0. The van der Waals surface area contributed by atoms with Crippen molar-refractivity contribution in [1.29, 1.82) is 0 Å². The van der Waals surface area contributed by atoms with Crippen molar-refractivity contribution in [3.05, 3.63) is 0 Å². The van der Waals surface area contributed by atoms with Gasteiger partial charge in [0.15, 0.2) is 0 Å². The van der Waals surface area contributed by atoms with Crippen LogP contribution in [0.3, 0.4) is 0 Å². The molecule has 1 aliphatic heterocycles. The predicted octanol–water partition coefficient (Wildman–Crippen LogP) is -0.148. The molecule has 1 saturated heterocycles. The number of likely N-dealkylation sites (tertiary alicyclic amines) is 1. The topological polar surface area (TPSA) is 75.4 Å². The van der Waals surface area contributed by atoms with Crippen LogP contribution in [0.4, 0.5) is 0 Å². The molecule has 1 heterocycles. The molecule has 5 heteroatoms. The highest BCUT2D eigenvalue weighted by Gasteiger charge is 2.23. The number of carbonyl (C=O) groups is 2. The number of hydrogen-bond acceptors (Lipinski definition) is 3. The van der Waals surface area contributed by atoms with Gasteiger partial charge in [0.2, 0.25) is 11.8 Å². The van der Waals surface area contributed by atoms with Crippen LogP contribution >= 0.6 is 0 Å². The summed E-state index contributed by atoms with van der Waals surface area (Å²) in [5, 5.41) is 2.96. The van der Waals surface area contributed by atoms with Crippen LogP contribution in [0.15, 0.2) is 0 Å². The van der Waals surface area contributed by atoms with E-state index in [1.165, 1.54) is 0 Å². The summed E-state index contributed by atoms with van der Waals surface area (Å²) in [7, 11) is 1.77. The Labute approximate surface area is 96.4 Å². The lowest BCUT2D eigenvalue weighted by Crippen LogP contribution is -2.48. The molecule has 0 spiro atoms. The number of nitrogens with zero attached hydrogens (tertiary/aromatic N) is 1. The van der Waals surface area contributed by atoms with E-state index in [2.05, 4.69) is 5.32 Å². The Hall–Kier alpha value is -1.10. The number of nitrogens with two attached hydrogens (primary N) is 1. The van der Waals surface area contributed by atoms with E-state index >= 15 is 0 Å². The number of amides is 2. The Kier molecular flexibility index (Phi) is 5.25. The summed E-state index contributed by atoms with van der Waals surface area (Å²) in [4.78, 5) is 24.4. The van der Waals surface area contributed by atoms with Crippen molar-refractivity contribution >= 4 is 11.8 Å². The Morgan fingerprint density at radius 3 is 2.94 bits per heavy atom. The summed E-state index contributed by atoms with van der Waals surface area (Å²) in [6, 6.07) is 0.119. The maximum atomic E-state index is 11.5. The SMILES string of the molecule is CN1CC(NC(=O)CCCCN)CCC1=O. The first-order valence-corrected chi connectivity index (χ1v) is 5.87. The van der Waals surface area contributed by atoms with Crippen LogP contribution in [0.2, 0.25) is 0 Å². The zero-order valence-corrected chi connectivity index (χ0v) is 9.87. The quantitative estimate of drug-likeness (QED) is 0.641. The number of nitrogens with one attached hydrogen (secondary N) is 1. The van der Waals surface area contributed by atoms with Crippen LogP contribution < -0.4 is 11.1 Å². The average Bonchev–Trinajstić information content (AvgIpc) is 2.24. The minimum absolute atomic E-state index is 0.0706. The lowest BCUT2D eigenvalue weighted by Gasteiger charge is -2.30. The second-order valence-electron chi connectivity index (χ2n) is 4.32. The Balaban J connectivity index is 2.21. The minimum Gasteiger partial charge on any atom is -0.352 e. The Morgan fingerprint density at radius 1 is 1.56 bits per heavy atom. The number of hydrogen-bond donors (Lipinski definition) is 2. The summed E-state index contributed by atoms with van der Waals surface area (Å²) >= 11 is 0. The molecule has 0 radical (unpaired) electrons. The summed E-state index contributed by atoms with van der Waals surface area (Å²) < 4.78 is 0. The molecule has 0 aromatic rings. The van der Waals surface area contributed by atoms with Crippen molar-refractivity contribution in [3.8, 4) is 0 Å². The summed E-state index contributed by atoms with van der Waals surface area (Å²) in [5.41, 5.74) is 5.36. The standard InChI is InChI=1S/C11H21N3O2/c1-14-8-9(5-6-11(14)16)13-10(15)4-2-3-7-12/h9H,2-8,12H2,1H3,(H,13,15). The van der Waals surface area contributed by atoms with E-state index < -0.39 is 0 Å². The van der Waals surface area contributed by atoms with Gasteiger partial charge in [0, 0.05) is 32.5 Å². The van der Waals surface area contributed by atoms with Crippen molar-refractivity contribution in [3.63, 3.8) is 0 Å². The number of unbranched alkanes of at least 4 members (excludes halogenated alkanes) is 1. The van der Waals surface area contributed by atoms with E-state index in [0.29, 0.717) is 25.9 Å². The highest BCUT2D eigenvalue weighted by Crippen LogP contribution is 2.09. The minimum atomic E-state index is 0.0706. The molecule has 3 N–H and O–H groups in total. The molecule has 0 aromatic heterocycles. The second kappa shape index (κ2) is 6.48. The second-order valence-corrected chi connectivity index (χ2v) is 4.32. The molecular formula is C11H21N3O2. The molecule has 1 atom stereocenters. The highest BCUT2D eigenvalue weighted by molar-refractivity contribution is 5.78. The highest BCUT2D eigenvalue weighted by atomic mass is 16.2. The molecule has 1 aliphatic rings. The van der Waals surface area contributed by atoms with E-state index in [-0.39, 0.29) is 17.9 Å². The zero-order valence-electron chi connectivity index (χ0n) is 9.87. The van der Waals surface area contributed by atoms with Gasteiger partial charge in [0.1, 0.15) is 0 Å². The van der Waals surface area contributed by atoms with E-state index in [9.17, 15) is 9.59 Å². The van der Waals surface area contributed by atoms with Gasteiger partial charge < -0.3 is 16.0 Å². The smallest absolute Gasteiger partial charge is 0.222 e. The van der Waals surface area contributed by atoms with Crippen LogP contribution in [0, 0.1) is 0 Å². The van der Waals surface area contributed by atoms with Crippen LogP contribution in [0.5, 0.6) is 0 Å². The fraction of sp³-hybridized carbons (Fsp3) is 0.818. The molecule has 1 rings (SSSR count). The first-order chi connectivity index (χ1) is 7.63. The van der Waals surface area contributed by atoms with Gasteiger partial charge in [-0.2, -0.15) is 0 Å². The van der Waals surface area contributed by atoms with Crippen LogP contribution in [-0.2, 0) is 9.59 Å². The molecule has 2 amide bonds. The van der Waals surface area contributed by atoms with Crippen LogP contribution in [-0.4, -0.2) is 42.9 Å². The predicted molar refractivity (Wildman–Crippen MR) is 61.7 cm³/mol. The molecule has 92 valence electrons. The Morgan fingerprint density at radius 2 is 2.31 bits per heavy atom. The molecule has 1 fully saturated rings. The fourth-order valence-corrected chi connectivity index (χ4v) is 1.86. The van der Waals surface area contributed by atoms with E-state index in [1.807, 2.05) is 0 Å². The fourth-order valence-electron chi connectivity index (χ4n) is 1.86. The molecule has 0 aliphatic carbocycles. The van der Waals surface area contributed by atoms with Gasteiger partial charge in [-0.1, -0.05) is 0 Å². The van der Waals surface area contributed by atoms with Crippen molar-refractivity contribution < 1.29 is 9.59 Å². The van der Waals surface area contributed by atoms with E-state index in [1.54, 1.807) is 11.9 Å². The number of likely N-dealkylation sites (N-methyl/N-ethyl adjacent to an activating group) is 1. The van der Waals surface area contributed by atoms with Gasteiger partial charge in [-0.3, -0.25) is 9.59 Å². The van der Waals surface area contributed by atoms with Gasteiger partial charge in [0.05, 0.1) is 0 Å². The van der Waals surface area contributed by atoms with E-state index in [0.717, 1.165) is 19.3 Å². The van der Waals surface area contributed by atoms with Crippen molar-refractivity contribution in [2.24, 2.45) is 5.73 Å². The molecule has 1 unspecified atom stereocenters. The van der Waals surface area contributed by atoms with Gasteiger partial charge in [-0.25, -0.2) is 0 Å². The van der Waals surface area contributed by atoms with Crippen molar-refractivity contribution in [1.82, 2.24) is 10.2 Å². The summed E-state index contributed by atoms with van der Waals surface area (Å²) in [5.74, 6) is 0.231. The van der Waals surface area contributed by atoms with Gasteiger partial charge >= 0.3 is 0 Å². The molecule has 16 heavy (non-hydrogen) atoms. The maximum Gasteiger partial charge on any atom is 0.222 e. The molecule has 0 bridgehead atoms. The molecule has 0 aromatic carbocycles. The summed E-state index contributed by atoms with van der Waals surface area (Å²) in [6.45, 7) is 1.26. The lowest BCUT2D eigenvalue weighted by atomic mass is 10.1. The van der Waals surface area contributed by atoms with Crippen molar-refractivity contribution in [2.75, 3.05) is 20.1 Å². The number of rotatable bonds is 5. The maximum absolute atomic E-state index is 11.5. The Bertz CT molecular complexity index is 256. The van der Waals surface area contributed by atoms with E-state index in [4.69, 9.17) is 5.73 Å². The third-order valence-electron chi connectivity index (χ3n) is 2.85. The third-order valence-corrected chi connectivity index (χ3v) is 2.85. The number of piperidine rings is 1. The lowest BCUT2D eigenvalue weighted by molar-refractivity contribution is -0.134. The number of carbonyl (C=O) groups excluding carboxylic acids is 2. The van der Waals surface area contributed by atoms with Gasteiger partial charge in [-0.15, -0.1) is 0 Å².